The minimum Gasteiger partial charge on any atom is -0.491 e. The van der Waals surface area contributed by atoms with Gasteiger partial charge in [0, 0.05) is 0 Å². The Balaban J connectivity index is 2.00. The first-order valence-corrected chi connectivity index (χ1v) is 7.33. The number of amides is 1. The number of nitrogens with two attached hydrogens (primary N) is 1. The number of primary amides is 1. The Hall–Kier alpha value is -1.55. The summed E-state index contributed by atoms with van der Waals surface area (Å²) >= 11 is 0. The monoisotopic (exact) mass is 276 g/mol. The van der Waals surface area contributed by atoms with E-state index in [1.807, 2.05) is 12.1 Å². The van der Waals surface area contributed by atoms with Crippen molar-refractivity contribution in [3.8, 4) is 5.75 Å². The molecule has 1 atom stereocenters. The van der Waals surface area contributed by atoms with E-state index in [1.54, 1.807) is 7.05 Å². The van der Waals surface area contributed by atoms with Gasteiger partial charge >= 0.3 is 0 Å². The summed E-state index contributed by atoms with van der Waals surface area (Å²) in [5.74, 6) is 0.751. The lowest BCUT2D eigenvalue weighted by Gasteiger charge is -2.30. The molecular formula is C16H24N2O2. The molecule has 1 aliphatic rings. The lowest BCUT2D eigenvalue weighted by molar-refractivity contribution is -0.126. The molecule has 1 saturated carbocycles. The Morgan fingerprint density at radius 1 is 1.40 bits per heavy atom. The van der Waals surface area contributed by atoms with Crippen molar-refractivity contribution in [2.75, 3.05) is 13.7 Å². The molecular weight excluding hydrogens is 252 g/mol. The Morgan fingerprint density at radius 2 is 2.05 bits per heavy atom. The van der Waals surface area contributed by atoms with Crippen molar-refractivity contribution in [2.45, 2.75) is 38.1 Å². The minimum atomic E-state index is -0.734. The van der Waals surface area contributed by atoms with Crippen LogP contribution in [0.15, 0.2) is 24.3 Å². The number of hydrogen-bond donors (Lipinski definition) is 2. The summed E-state index contributed by atoms with van der Waals surface area (Å²) in [6.07, 6.45) is 4.27. The average Bonchev–Trinajstić information content (AvgIpc) is 3.27. The summed E-state index contributed by atoms with van der Waals surface area (Å²) < 4.78 is 5.79. The molecule has 0 radical (unpaired) electrons. The first-order chi connectivity index (χ1) is 9.62. The van der Waals surface area contributed by atoms with Crippen LogP contribution in [0, 0.1) is 5.92 Å². The maximum Gasteiger partial charge on any atom is 0.241 e. The van der Waals surface area contributed by atoms with Crippen molar-refractivity contribution >= 4 is 5.91 Å². The van der Waals surface area contributed by atoms with Crippen molar-refractivity contribution in [3.05, 3.63) is 29.8 Å². The van der Waals surface area contributed by atoms with Gasteiger partial charge in [-0.1, -0.05) is 25.5 Å². The Morgan fingerprint density at radius 3 is 2.50 bits per heavy atom. The fourth-order valence-electron chi connectivity index (χ4n) is 2.60. The van der Waals surface area contributed by atoms with E-state index in [2.05, 4.69) is 24.4 Å². The average molecular weight is 276 g/mol. The van der Waals surface area contributed by atoms with Crippen molar-refractivity contribution in [3.63, 3.8) is 0 Å². The zero-order valence-corrected chi connectivity index (χ0v) is 12.3. The van der Waals surface area contributed by atoms with E-state index in [0.717, 1.165) is 31.4 Å². The molecule has 2 rings (SSSR count). The van der Waals surface area contributed by atoms with Crippen LogP contribution in [0.5, 0.6) is 5.75 Å². The second kappa shape index (κ2) is 6.27. The molecule has 0 saturated heterocycles. The van der Waals surface area contributed by atoms with Gasteiger partial charge in [0.25, 0.3) is 0 Å². The summed E-state index contributed by atoms with van der Waals surface area (Å²) in [7, 11) is 1.77. The van der Waals surface area contributed by atoms with Crippen LogP contribution in [0.25, 0.3) is 0 Å². The van der Waals surface area contributed by atoms with Gasteiger partial charge in [-0.25, -0.2) is 0 Å². The van der Waals surface area contributed by atoms with Gasteiger partial charge in [0.15, 0.2) is 0 Å². The molecule has 1 fully saturated rings. The molecule has 1 amide bonds. The Bertz CT molecular complexity index is 454. The molecule has 1 aromatic carbocycles. The molecule has 110 valence electrons. The van der Waals surface area contributed by atoms with Gasteiger partial charge in [-0.3, -0.25) is 4.79 Å². The molecule has 1 aromatic rings. The van der Waals surface area contributed by atoms with Crippen LogP contribution in [0.2, 0.25) is 0 Å². The van der Waals surface area contributed by atoms with Gasteiger partial charge in [0.05, 0.1) is 0 Å². The van der Waals surface area contributed by atoms with E-state index in [4.69, 9.17) is 10.5 Å². The summed E-state index contributed by atoms with van der Waals surface area (Å²) in [6.45, 7) is 2.45. The maximum absolute atomic E-state index is 11.8. The second-order valence-corrected chi connectivity index (χ2v) is 5.54. The van der Waals surface area contributed by atoms with Crippen LogP contribution in [-0.4, -0.2) is 25.1 Å². The highest BCUT2D eigenvalue weighted by Crippen LogP contribution is 2.39. The first kappa shape index (κ1) is 14.9. The second-order valence-electron chi connectivity index (χ2n) is 5.54. The number of benzene rings is 1. The zero-order valence-electron chi connectivity index (χ0n) is 12.3. The third-order valence-corrected chi connectivity index (χ3v) is 4.09. The number of ether oxygens (including phenoxy) is 1. The minimum absolute atomic E-state index is 0.288. The third kappa shape index (κ3) is 3.12. The molecule has 4 nitrogen and oxygen atoms in total. The van der Waals surface area contributed by atoms with Crippen molar-refractivity contribution < 1.29 is 9.53 Å². The van der Waals surface area contributed by atoms with Gasteiger partial charge in [-0.2, -0.15) is 0 Å². The van der Waals surface area contributed by atoms with Crippen LogP contribution < -0.4 is 15.8 Å². The van der Waals surface area contributed by atoms with Gasteiger partial charge in [-0.15, -0.1) is 0 Å². The third-order valence-electron chi connectivity index (χ3n) is 4.09. The van der Waals surface area contributed by atoms with Gasteiger partial charge in [0.2, 0.25) is 5.91 Å². The SMILES string of the molecule is CCCc1ccc(OCC(NC)(C(N)=O)C2CC2)cc1. The van der Waals surface area contributed by atoms with Crippen LogP contribution in [0.1, 0.15) is 31.7 Å². The molecule has 0 heterocycles. The first-order valence-electron chi connectivity index (χ1n) is 7.33. The summed E-state index contributed by atoms with van der Waals surface area (Å²) in [5.41, 5.74) is 6.14. The quantitative estimate of drug-likeness (QED) is 0.762. The highest BCUT2D eigenvalue weighted by atomic mass is 16.5. The molecule has 0 aromatic heterocycles. The van der Waals surface area contributed by atoms with E-state index in [9.17, 15) is 4.79 Å². The van der Waals surface area contributed by atoms with Crippen LogP contribution in [-0.2, 0) is 11.2 Å². The smallest absolute Gasteiger partial charge is 0.241 e. The van der Waals surface area contributed by atoms with Crippen molar-refractivity contribution in [1.82, 2.24) is 5.32 Å². The Kier molecular flexibility index (Phi) is 4.65. The fourth-order valence-corrected chi connectivity index (χ4v) is 2.60. The molecule has 20 heavy (non-hydrogen) atoms. The molecule has 0 aliphatic heterocycles. The number of likely N-dealkylation sites (N-methyl/N-ethyl adjacent to an activating group) is 1. The lowest BCUT2D eigenvalue weighted by Crippen LogP contribution is -2.59. The van der Waals surface area contributed by atoms with Crippen LogP contribution in [0.4, 0.5) is 0 Å². The Labute approximate surface area is 120 Å². The van der Waals surface area contributed by atoms with Gasteiger partial charge in [-0.05, 0) is 49.9 Å². The van der Waals surface area contributed by atoms with E-state index in [1.165, 1.54) is 5.56 Å². The van der Waals surface area contributed by atoms with E-state index in [0.29, 0.717) is 5.92 Å². The molecule has 4 heteroatoms. The molecule has 1 unspecified atom stereocenters. The normalized spacial score (nSPS) is 17.5. The number of hydrogen-bond acceptors (Lipinski definition) is 3. The number of carbonyl (C=O) groups excluding carboxylic acids is 1. The zero-order chi connectivity index (χ0) is 14.6. The molecule has 3 N–H and O–H groups in total. The highest BCUT2D eigenvalue weighted by molar-refractivity contribution is 5.85. The number of nitrogens with one attached hydrogen (secondary N) is 1. The molecule has 0 spiro atoms. The van der Waals surface area contributed by atoms with Crippen molar-refractivity contribution in [1.29, 1.82) is 0 Å². The predicted molar refractivity (Wildman–Crippen MR) is 79.6 cm³/mol. The topological polar surface area (TPSA) is 64.3 Å². The van der Waals surface area contributed by atoms with E-state index >= 15 is 0 Å². The number of rotatable bonds is 8. The number of aryl methyl sites for hydroxylation is 1. The molecule has 0 bridgehead atoms. The van der Waals surface area contributed by atoms with E-state index in [-0.39, 0.29) is 12.5 Å². The van der Waals surface area contributed by atoms with Gasteiger partial charge in [0.1, 0.15) is 17.9 Å². The summed E-state index contributed by atoms with van der Waals surface area (Å²) in [6, 6.07) is 8.06. The highest BCUT2D eigenvalue weighted by Gasteiger charge is 2.49. The largest absolute Gasteiger partial charge is 0.491 e. The predicted octanol–water partition coefficient (Wildman–Crippen LogP) is 1.87. The van der Waals surface area contributed by atoms with E-state index < -0.39 is 5.54 Å². The molecule has 1 aliphatic carbocycles. The summed E-state index contributed by atoms with van der Waals surface area (Å²) in [5, 5.41) is 3.08. The lowest BCUT2D eigenvalue weighted by atomic mass is 9.93. The summed E-state index contributed by atoms with van der Waals surface area (Å²) in [4.78, 5) is 11.8. The maximum atomic E-state index is 11.8. The van der Waals surface area contributed by atoms with Crippen LogP contribution >= 0.6 is 0 Å². The fraction of sp³-hybridized carbons (Fsp3) is 0.562. The van der Waals surface area contributed by atoms with Crippen LogP contribution in [0.3, 0.4) is 0 Å². The number of carbonyl (C=O) groups is 1. The van der Waals surface area contributed by atoms with Crippen molar-refractivity contribution in [2.24, 2.45) is 11.7 Å². The van der Waals surface area contributed by atoms with Gasteiger partial charge < -0.3 is 15.8 Å². The standard InChI is InChI=1S/C16H24N2O2/c1-3-4-12-5-9-14(10-6-12)20-11-16(18-2,15(17)19)13-7-8-13/h5-6,9-10,13,18H,3-4,7-8,11H2,1-2H3,(H2,17,19).